The van der Waals surface area contributed by atoms with E-state index >= 15 is 0 Å². The summed E-state index contributed by atoms with van der Waals surface area (Å²) in [5.41, 5.74) is 1.98. The predicted octanol–water partition coefficient (Wildman–Crippen LogP) is 5.93. The molecule has 3 aromatic rings. The van der Waals surface area contributed by atoms with Gasteiger partial charge < -0.3 is 24.1 Å². The van der Waals surface area contributed by atoms with Crippen molar-refractivity contribution in [1.29, 1.82) is 0 Å². The lowest BCUT2D eigenvalue weighted by atomic mass is 9.94. The molecule has 0 aliphatic carbocycles. The summed E-state index contributed by atoms with van der Waals surface area (Å²) in [6, 6.07) is 9.23. The molecule has 0 unspecified atom stereocenters. The highest BCUT2D eigenvalue weighted by atomic mass is 32.1. The van der Waals surface area contributed by atoms with E-state index in [1.54, 1.807) is 43.3 Å². The van der Waals surface area contributed by atoms with Gasteiger partial charge in [0, 0.05) is 12.0 Å². The summed E-state index contributed by atoms with van der Waals surface area (Å²) in [6.45, 7) is 11.8. The summed E-state index contributed by atoms with van der Waals surface area (Å²) in [6.07, 6.45) is 2.87. The molecule has 230 valence electrons. The minimum Gasteiger partial charge on any atom is -0.507 e. The molecule has 1 aromatic heterocycles. The van der Waals surface area contributed by atoms with Gasteiger partial charge in [0.2, 0.25) is 0 Å². The summed E-state index contributed by atoms with van der Waals surface area (Å²) in [5.74, 6) is -1.07. The van der Waals surface area contributed by atoms with Crippen LogP contribution in [0.15, 0.2) is 54.6 Å². The van der Waals surface area contributed by atoms with Crippen LogP contribution in [-0.4, -0.2) is 53.7 Å². The normalized spacial score (nSPS) is 18.6. The molecular weight excluding hydrogens is 584 g/mol. The van der Waals surface area contributed by atoms with Crippen LogP contribution in [0.1, 0.15) is 65.3 Å². The van der Waals surface area contributed by atoms with Crippen molar-refractivity contribution in [2.75, 3.05) is 24.7 Å². The van der Waals surface area contributed by atoms with Crippen LogP contribution in [0.25, 0.3) is 5.76 Å². The summed E-state index contributed by atoms with van der Waals surface area (Å²) in [5, 5.41) is 11.8. The number of esters is 1. The fourth-order valence-corrected chi connectivity index (χ4v) is 6.23. The maximum absolute atomic E-state index is 13.7. The molecule has 1 N–H and O–H groups in total. The number of aliphatic hydroxyl groups excluding tert-OH is 1. The molecule has 0 spiro atoms. The molecule has 0 saturated carbocycles. The van der Waals surface area contributed by atoms with Crippen LogP contribution in [0, 0.1) is 6.92 Å². The van der Waals surface area contributed by atoms with Gasteiger partial charge in [0.15, 0.2) is 16.6 Å². The number of hydrogen-bond acceptors (Lipinski definition) is 10. The Bertz CT molecular complexity index is 1660. The first-order chi connectivity index (χ1) is 21.2. The largest absolute Gasteiger partial charge is 0.507 e. The minimum absolute atomic E-state index is 0.00722. The summed E-state index contributed by atoms with van der Waals surface area (Å²) in [4.78, 5) is 46.1. The lowest BCUT2D eigenvalue weighted by molar-refractivity contribution is -0.132. The molecule has 5 rings (SSSR count). The van der Waals surface area contributed by atoms with Gasteiger partial charge in [-0.2, -0.15) is 0 Å². The summed E-state index contributed by atoms with van der Waals surface area (Å²) < 4.78 is 22.7. The van der Waals surface area contributed by atoms with E-state index < -0.39 is 23.7 Å². The highest BCUT2D eigenvalue weighted by Crippen LogP contribution is 2.46. The third kappa shape index (κ3) is 5.79. The van der Waals surface area contributed by atoms with Crippen molar-refractivity contribution < 1.29 is 38.4 Å². The molecule has 44 heavy (non-hydrogen) atoms. The predicted molar refractivity (Wildman–Crippen MR) is 166 cm³/mol. The number of aryl methyl sites for hydroxylation is 1. The highest BCUT2D eigenvalue weighted by molar-refractivity contribution is 7.17. The molecule has 0 radical (unpaired) electrons. The first-order valence-corrected chi connectivity index (χ1v) is 15.3. The fourth-order valence-electron chi connectivity index (χ4n) is 5.24. The van der Waals surface area contributed by atoms with E-state index in [1.807, 2.05) is 20.8 Å². The number of ketones is 1. The number of anilines is 1. The standard InChI is InChI=1S/C33H34N2O8S/c1-6-13-41-24-12-9-20(17-25(24)40-8-3)27-26(28(36)21-10-11-23-22(16-21)15-18(4)43-23)29(37)31(38)35(27)33-34-19(5)30(44-33)32(39)42-14-7-2/h7,9-12,16-18,27,36H,2,6,8,13-15H2,1,3-5H3/t18-,27-/m0/s1. The van der Waals surface area contributed by atoms with Crippen LogP contribution in [-0.2, 0) is 20.7 Å². The number of benzene rings is 2. The second-order valence-electron chi connectivity index (χ2n) is 10.4. The van der Waals surface area contributed by atoms with Crippen LogP contribution in [0.5, 0.6) is 17.2 Å². The van der Waals surface area contributed by atoms with E-state index in [1.165, 1.54) is 11.0 Å². The van der Waals surface area contributed by atoms with Crippen molar-refractivity contribution >= 4 is 39.9 Å². The minimum atomic E-state index is -1.08. The second kappa shape index (κ2) is 12.9. The van der Waals surface area contributed by atoms with Crippen molar-refractivity contribution in [3.05, 3.63) is 81.9 Å². The Morgan fingerprint density at radius 2 is 1.98 bits per heavy atom. The molecule has 10 nitrogen and oxygen atoms in total. The maximum Gasteiger partial charge on any atom is 0.350 e. The van der Waals surface area contributed by atoms with Crippen LogP contribution >= 0.6 is 11.3 Å². The fraction of sp³-hybridized carbons (Fsp3) is 0.333. The molecule has 0 bridgehead atoms. The van der Waals surface area contributed by atoms with Gasteiger partial charge in [-0.3, -0.25) is 14.5 Å². The molecular formula is C33H34N2O8S. The van der Waals surface area contributed by atoms with Gasteiger partial charge in [-0.05, 0) is 68.7 Å². The van der Waals surface area contributed by atoms with Gasteiger partial charge in [0.05, 0.1) is 30.5 Å². The molecule has 2 aromatic carbocycles. The van der Waals surface area contributed by atoms with E-state index in [9.17, 15) is 19.5 Å². The van der Waals surface area contributed by atoms with Crippen molar-refractivity contribution in [1.82, 2.24) is 4.98 Å². The zero-order chi connectivity index (χ0) is 31.5. The number of ether oxygens (including phenoxy) is 4. The van der Waals surface area contributed by atoms with Gasteiger partial charge in [0.1, 0.15) is 29.1 Å². The maximum atomic E-state index is 13.7. The third-order valence-corrected chi connectivity index (χ3v) is 8.30. The smallest absolute Gasteiger partial charge is 0.350 e. The number of aliphatic hydroxyl groups is 1. The number of nitrogens with zero attached hydrogens (tertiary/aromatic N) is 2. The zero-order valence-electron chi connectivity index (χ0n) is 25.0. The number of carbonyl (C=O) groups is 3. The van der Waals surface area contributed by atoms with Gasteiger partial charge in [-0.15, -0.1) is 0 Å². The number of aromatic nitrogens is 1. The van der Waals surface area contributed by atoms with Crippen molar-refractivity contribution in [2.45, 2.75) is 52.7 Å². The van der Waals surface area contributed by atoms with Gasteiger partial charge in [0.25, 0.3) is 5.78 Å². The summed E-state index contributed by atoms with van der Waals surface area (Å²) in [7, 11) is 0. The SMILES string of the molecule is C=CCOC(=O)c1sc(N2C(=O)C(=O)C(=C(O)c3ccc4c(c3)C[C@H](C)O4)[C@@H]2c2ccc(OCCC)c(OCC)c2)nc1C. The van der Waals surface area contributed by atoms with Crippen molar-refractivity contribution in [3.63, 3.8) is 0 Å². The van der Waals surface area contributed by atoms with Crippen LogP contribution in [0.2, 0.25) is 0 Å². The van der Waals surface area contributed by atoms with Crippen LogP contribution in [0.4, 0.5) is 5.13 Å². The molecule has 2 aliphatic rings. The van der Waals surface area contributed by atoms with E-state index in [-0.39, 0.29) is 34.1 Å². The lowest BCUT2D eigenvalue weighted by Gasteiger charge is -2.24. The monoisotopic (exact) mass is 618 g/mol. The van der Waals surface area contributed by atoms with Gasteiger partial charge >= 0.3 is 11.9 Å². The molecule has 2 aliphatic heterocycles. The average Bonchev–Trinajstić information content (AvgIpc) is 3.66. The van der Waals surface area contributed by atoms with Crippen LogP contribution < -0.4 is 19.1 Å². The number of carbonyl (C=O) groups excluding carboxylic acids is 3. The Morgan fingerprint density at radius 1 is 1.18 bits per heavy atom. The summed E-state index contributed by atoms with van der Waals surface area (Å²) >= 11 is 0.931. The molecule has 3 heterocycles. The number of rotatable bonds is 11. The highest BCUT2D eigenvalue weighted by Gasteiger charge is 2.49. The lowest BCUT2D eigenvalue weighted by Crippen LogP contribution is -2.29. The van der Waals surface area contributed by atoms with E-state index in [0.29, 0.717) is 53.7 Å². The van der Waals surface area contributed by atoms with E-state index in [4.69, 9.17) is 18.9 Å². The number of hydrogen-bond donors (Lipinski definition) is 1. The van der Waals surface area contributed by atoms with Crippen molar-refractivity contribution in [3.8, 4) is 17.2 Å². The van der Waals surface area contributed by atoms with Gasteiger partial charge in [-0.25, -0.2) is 9.78 Å². The number of fused-ring (bicyclic) bond motifs is 1. The molecule has 2 atom stereocenters. The second-order valence-corrected chi connectivity index (χ2v) is 11.4. The van der Waals surface area contributed by atoms with Gasteiger partial charge in [-0.1, -0.05) is 37.0 Å². The number of Topliss-reactive ketones (excluding diaryl/α,β-unsaturated/α-hetero) is 1. The Morgan fingerprint density at radius 3 is 2.70 bits per heavy atom. The van der Waals surface area contributed by atoms with Crippen LogP contribution in [0.3, 0.4) is 0 Å². The quantitative estimate of drug-likeness (QED) is 0.0915. The Balaban J connectivity index is 1.67. The molecule has 1 amide bonds. The molecule has 1 saturated heterocycles. The first kappa shape index (κ1) is 30.8. The Hall–Kier alpha value is -4.64. The number of thiazole rings is 1. The first-order valence-electron chi connectivity index (χ1n) is 14.4. The third-order valence-electron chi connectivity index (χ3n) is 7.17. The van der Waals surface area contributed by atoms with E-state index in [0.717, 1.165) is 23.3 Å². The average molecular weight is 619 g/mol. The topological polar surface area (TPSA) is 124 Å². The van der Waals surface area contributed by atoms with Crippen molar-refractivity contribution in [2.24, 2.45) is 0 Å². The molecule has 11 heteroatoms. The zero-order valence-corrected chi connectivity index (χ0v) is 25.9. The Kier molecular flexibility index (Phi) is 9.05. The van der Waals surface area contributed by atoms with E-state index in [2.05, 4.69) is 11.6 Å². The molecule has 1 fully saturated rings. The number of amides is 1. The Labute approximate surface area is 259 Å².